The number of hydrogen-bond donors (Lipinski definition) is 0. The molecule has 0 atom stereocenters. The van der Waals surface area contributed by atoms with E-state index in [0.717, 1.165) is 37.0 Å². The molecule has 0 saturated carbocycles. The predicted molar refractivity (Wildman–Crippen MR) is 83.3 cm³/mol. The van der Waals surface area contributed by atoms with Gasteiger partial charge in [0.25, 0.3) is 0 Å². The minimum Gasteiger partial charge on any atom is -0.342 e. The third-order valence-electron chi connectivity index (χ3n) is 3.87. The second-order valence-electron chi connectivity index (χ2n) is 5.42. The van der Waals surface area contributed by atoms with E-state index >= 15 is 0 Å². The van der Waals surface area contributed by atoms with Crippen LogP contribution in [0, 0.1) is 0 Å². The van der Waals surface area contributed by atoms with E-state index in [4.69, 9.17) is 11.6 Å². The molecule has 0 unspecified atom stereocenters. The Morgan fingerprint density at radius 1 is 1.05 bits per heavy atom. The van der Waals surface area contributed by atoms with Gasteiger partial charge in [0.2, 0.25) is 5.91 Å². The van der Waals surface area contributed by atoms with E-state index < -0.39 is 0 Å². The maximum absolute atomic E-state index is 12.4. The Hall–Kier alpha value is -1.68. The van der Waals surface area contributed by atoms with Crippen LogP contribution in [-0.4, -0.2) is 33.9 Å². The quantitative estimate of drug-likeness (QED) is 0.855. The standard InChI is InChI=1S/C16H18ClN3O/c17-16-14(18-12-7-3-4-8-13(12)19-16)11-15(21)20-9-5-1-2-6-10-20/h3-4,7-8H,1-2,5-6,9-11H2. The fourth-order valence-corrected chi connectivity index (χ4v) is 2.90. The van der Waals surface area contributed by atoms with Crippen LogP contribution in [0.5, 0.6) is 0 Å². The molecule has 2 aromatic rings. The van der Waals surface area contributed by atoms with Gasteiger partial charge in [0.05, 0.1) is 23.1 Å². The van der Waals surface area contributed by atoms with Crippen LogP contribution in [0.15, 0.2) is 24.3 Å². The number of rotatable bonds is 2. The van der Waals surface area contributed by atoms with Crippen molar-refractivity contribution in [1.82, 2.24) is 14.9 Å². The first-order chi connectivity index (χ1) is 10.2. The van der Waals surface area contributed by atoms with E-state index in [1.807, 2.05) is 29.2 Å². The lowest BCUT2D eigenvalue weighted by Gasteiger charge is -2.20. The number of nitrogens with zero attached hydrogens (tertiary/aromatic N) is 3. The second-order valence-corrected chi connectivity index (χ2v) is 5.78. The summed E-state index contributed by atoms with van der Waals surface area (Å²) in [7, 11) is 0. The number of benzene rings is 1. The van der Waals surface area contributed by atoms with Crippen LogP contribution in [0.1, 0.15) is 31.4 Å². The van der Waals surface area contributed by atoms with Gasteiger partial charge in [0.1, 0.15) is 0 Å². The van der Waals surface area contributed by atoms with Gasteiger partial charge in [-0.05, 0) is 25.0 Å². The summed E-state index contributed by atoms with van der Waals surface area (Å²) in [4.78, 5) is 23.2. The third kappa shape index (κ3) is 3.32. The molecule has 0 aliphatic carbocycles. The highest BCUT2D eigenvalue weighted by Gasteiger charge is 2.18. The summed E-state index contributed by atoms with van der Waals surface area (Å²) < 4.78 is 0. The van der Waals surface area contributed by atoms with Gasteiger partial charge in [-0.2, -0.15) is 0 Å². The molecule has 1 aromatic heterocycles. The van der Waals surface area contributed by atoms with E-state index in [1.165, 1.54) is 12.8 Å². The number of aromatic nitrogens is 2. The number of halogens is 1. The highest BCUT2D eigenvalue weighted by Crippen LogP contribution is 2.18. The van der Waals surface area contributed by atoms with Crippen LogP contribution in [0.3, 0.4) is 0 Å². The zero-order chi connectivity index (χ0) is 14.7. The first kappa shape index (κ1) is 14.3. The molecule has 1 aliphatic heterocycles. The third-order valence-corrected chi connectivity index (χ3v) is 4.17. The Balaban J connectivity index is 1.80. The molecule has 5 heteroatoms. The van der Waals surface area contributed by atoms with Gasteiger partial charge >= 0.3 is 0 Å². The van der Waals surface area contributed by atoms with Crippen LogP contribution in [0.4, 0.5) is 0 Å². The zero-order valence-corrected chi connectivity index (χ0v) is 12.6. The van der Waals surface area contributed by atoms with Crippen molar-refractivity contribution in [3.63, 3.8) is 0 Å². The van der Waals surface area contributed by atoms with E-state index in [9.17, 15) is 4.79 Å². The van der Waals surface area contributed by atoms with Crippen LogP contribution >= 0.6 is 11.6 Å². The van der Waals surface area contributed by atoms with Crippen molar-refractivity contribution >= 4 is 28.5 Å². The summed E-state index contributed by atoms with van der Waals surface area (Å²) in [5.41, 5.74) is 2.11. The lowest BCUT2D eigenvalue weighted by molar-refractivity contribution is -0.130. The predicted octanol–water partition coefficient (Wildman–Crippen LogP) is 3.23. The van der Waals surface area contributed by atoms with Crippen LogP contribution in [0.25, 0.3) is 11.0 Å². The van der Waals surface area contributed by atoms with Crippen LogP contribution in [0.2, 0.25) is 5.15 Å². The topological polar surface area (TPSA) is 46.1 Å². The lowest BCUT2D eigenvalue weighted by atomic mass is 10.2. The maximum atomic E-state index is 12.4. The van der Waals surface area contributed by atoms with Crippen molar-refractivity contribution in [2.24, 2.45) is 0 Å². The maximum Gasteiger partial charge on any atom is 0.228 e. The average molecular weight is 304 g/mol. The van der Waals surface area contributed by atoms with Gasteiger partial charge in [0.15, 0.2) is 5.15 Å². The Bertz CT molecular complexity index is 651. The van der Waals surface area contributed by atoms with Crippen molar-refractivity contribution in [3.05, 3.63) is 35.1 Å². The van der Waals surface area contributed by atoms with Gasteiger partial charge in [0, 0.05) is 13.1 Å². The van der Waals surface area contributed by atoms with Gasteiger partial charge < -0.3 is 4.90 Å². The Morgan fingerprint density at radius 2 is 1.67 bits per heavy atom. The minimum absolute atomic E-state index is 0.100. The normalized spacial score (nSPS) is 16.0. The van der Waals surface area contributed by atoms with Crippen molar-refractivity contribution in [2.75, 3.05) is 13.1 Å². The van der Waals surface area contributed by atoms with Crippen LogP contribution < -0.4 is 0 Å². The molecule has 2 heterocycles. The highest BCUT2D eigenvalue weighted by atomic mass is 35.5. The van der Waals surface area contributed by atoms with E-state index in [2.05, 4.69) is 9.97 Å². The fourth-order valence-electron chi connectivity index (χ4n) is 2.70. The van der Waals surface area contributed by atoms with Crippen molar-refractivity contribution in [3.8, 4) is 0 Å². The van der Waals surface area contributed by atoms with Crippen molar-refractivity contribution in [1.29, 1.82) is 0 Å². The summed E-state index contributed by atoms with van der Waals surface area (Å²) in [6.45, 7) is 1.69. The first-order valence-electron chi connectivity index (χ1n) is 7.43. The van der Waals surface area contributed by atoms with E-state index in [0.29, 0.717) is 10.8 Å². The monoisotopic (exact) mass is 303 g/mol. The number of para-hydroxylation sites is 2. The number of hydrogen-bond acceptors (Lipinski definition) is 3. The Labute approximate surface area is 129 Å². The largest absolute Gasteiger partial charge is 0.342 e. The molecule has 0 bridgehead atoms. The molecule has 1 aliphatic rings. The highest BCUT2D eigenvalue weighted by molar-refractivity contribution is 6.30. The average Bonchev–Trinajstić information content (AvgIpc) is 2.77. The molecule has 3 rings (SSSR count). The molecule has 21 heavy (non-hydrogen) atoms. The van der Waals surface area contributed by atoms with Gasteiger partial charge in [-0.1, -0.05) is 36.6 Å². The van der Waals surface area contributed by atoms with Crippen molar-refractivity contribution < 1.29 is 4.79 Å². The Morgan fingerprint density at radius 3 is 2.33 bits per heavy atom. The van der Waals surface area contributed by atoms with Gasteiger partial charge in [-0.3, -0.25) is 4.79 Å². The molecular weight excluding hydrogens is 286 g/mol. The lowest BCUT2D eigenvalue weighted by Crippen LogP contribution is -2.33. The molecule has 0 radical (unpaired) electrons. The summed E-state index contributed by atoms with van der Waals surface area (Å²) >= 11 is 6.17. The fraction of sp³-hybridized carbons (Fsp3) is 0.438. The molecule has 1 amide bonds. The Kier molecular flexibility index (Phi) is 4.34. The van der Waals surface area contributed by atoms with E-state index in [1.54, 1.807) is 0 Å². The molecular formula is C16H18ClN3O. The molecule has 1 aromatic carbocycles. The molecule has 110 valence electrons. The zero-order valence-electron chi connectivity index (χ0n) is 11.9. The van der Waals surface area contributed by atoms with Crippen molar-refractivity contribution in [2.45, 2.75) is 32.1 Å². The molecule has 0 spiro atoms. The second kappa shape index (κ2) is 6.39. The summed E-state index contributed by atoms with van der Waals surface area (Å²) in [6.07, 6.45) is 4.82. The van der Waals surface area contributed by atoms with Crippen LogP contribution in [-0.2, 0) is 11.2 Å². The summed E-state index contributed by atoms with van der Waals surface area (Å²) in [5, 5.41) is 0.330. The van der Waals surface area contributed by atoms with Gasteiger partial charge in [-0.25, -0.2) is 9.97 Å². The van der Waals surface area contributed by atoms with E-state index in [-0.39, 0.29) is 12.3 Å². The SMILES string of the molecule is O=C(Cc1nc2ccccc2nc1Cl)N1CCCCCC1. The first-order valence-corrected chi connectivity index (χ1v) is 7.81. The molecule has 4 nitrogen and oxygen atoms in total. The number of carbonyl (C=O) groups excluding carboxylic acids is 1. The molecule has 0 N–H and O–H groups in total. The summed E-state index contributed by atoms with van der Waals surface area (Å²) in [6, 6.07) is 7.56. The van der Waals surface area contributed by atoms with Gasteiger partial charge in [-0.15, -0.1) is 0 Å². The molecule has 1 saturated heterocycles. The number of likely N-dealkylation sites (tertiary alicyclic amines) is 1. The molecule has 1 fully saturated rings. The number of fused-ring (bicyclic) bond motifs is 1. The number of amides is 1. The number of carbonyl (C=O) groups is 1. The smallest absolute Gasteiger partial charge is 0.228 e. The minimum atomic E-state index is 0.100. The summed E-state index contributed by atoms with van der Waals surface area (Å²) in [5.74, 6) is 0.100.